The van der Waals surface area contributed by atoms with E-state index in [0.717, 1.165) is 43.7 Å². The Morgan fingerprint density at radius 3 is 2.60 bits per heavy atom. The lowest BCUT2D eigenvalue weighted by Gasteiger charge is -2.30. The minimum absolute atomic E-state index is 0.232. The fourth-order valence-corrected chi connectivity index (χ4v) is 4.43. The zero-order valence-electron chi connectivity index (χ0n) is 14.0. The number of aromatic nitrogens is 1. The van der Waals surface area contributed by atoms with E-state index in [1.807, 2.05) is 11.3 Å². The summed E-state index contributed by atoms with van der Waals surface area (Å²) in [7, 11) is 0. The maximum Gasteiger partial charge on any atom is 0.123 e. The van der Waals surface area contributed by atoms with Crippen LogP contribution in [0.25, 0.3) is 10.2 Å². The summed E-state index contributed by atoms with van der Waals surface area (Å²) in [5, 5.41) is 1.28. The Bertz CT molecular complexity index is 792. The Hall–Kier alpha value is -1.98. The van der Waals surface area contributed by atoms with E-state index in [2.05, 4.69) is 29.2 Å². The monoisotopic (exact) mass is 356 g/mol. The maximum absolute atomic E-state index is 12.9. The molecule has 5 heteroatoms. The molecule has 0 atom stereocenters. The molecule has 1 aromatic heterocycles. The molecule has 0 aliphatic carbocycles. The zero-order chi connectivity index (χ0) is 17.1. The Morgan fingerprint density at radius 2 is 1.84 bits per heavy atom. The summed E-state index contributed by atoms with van der Waals surface area (Å²) in [6.45, 7) is 3.70. The highest BCUT2D eigenvalue weighted by Gasteiger charge is 2.23. The summed E-state index contributed by atoms with van der Waals surface area (Å²) in [5.74, 6) is 1.07. The molecule has 0 amide bonds. The zero-order valence-corrected chi connectivity index (χ0v) is 14.8. The molecule has 1 aliphatic heterocycles. The third-order valence-electron chi connectivity index (χ3n) is 4.74. The van der Waals surface area contributed by atoms with Gasteiger partial charge in [-0.3, -0.25) is 4.90 Å². The van der Waals surface area contributed by atoms with E-state index < -0.39 is 0 Å². The molecule has 0 saturated carbocycles. The summed E-state index contributed by atoms with van der Waals surface area (Å²) in [5.41, 5.74) is 1.12. The standard InChI is InChI=1S/C20H21FN2OS/c21-16-5-7-17(8-6-16)24-14-13-23-11-9-15(10-12-23)20-22-18-3-1-2-4-19(18)25-20/h1-8,15H,9-14H2. The molecule has 3 aromatic rings. The normalized spacial score (nSPS) is 16.4. The van der Waals surface area contributed by atoms with E-state index in [0.29, 0.717) is 12.5 Å². The molecule has 1 fully saturated rings. The molecule has 0 radical (unpaired) electrons. The topological polar surface area (TPSA) is 25.4 Å². The second-order valence-electron chi connectivity index (χ2n) is 6.44. The minimum atomic E-state index is -0.232. The molecular weight excluding hydrogens is 335 g/mol. The van der Waals surface area contributed by atoms with Gasteiger partial charge in [0.15, 0.2) is 0 Å². The highest BCUT2D eigenvalue weighted by atomic mass is 32.1. The van der Waals surface area contributed by atoms with Crippen molar-refractivity contribution in [2.24, 2.45) is 0 Å². The van der Waals surface area contributed by atoms with Crippen molar-refractivity contribution in [3.63, 3.8) is 0 Å². The first-order chi connectivity index (χ1) is 12.3. The van der Waals surface area contributed by atoms with Crippen molar-refractivity contribution in [2.75, 3.05) is 26.2 Å². The summed E-state index contributed by atoms with van der Waals surface area (Å²) in [6, 6.07) is 14.6. The lowest BCUT2D eigenvalue weighted by molar-refractivity contribution is 0.173. The third-order valence-corrected chi connectivity index (χ3v) is 5.94. The Labute approximate surface area is 151 Å². The highest BCUT2D eigenvalue weighted by Crippen LogP contribution is 2.33. The number of likely N-dealkylation sites (tertiary alicyclic amines) is 1. The average molecular weight is 356 g/mol. The fourth-order valence-electron chi connectivity index (χ4n) is 3.29. The molecule has 1 aliphatic rings. The Kier molecular flexibility index (Phi) is 4.95. The quantitative estimate of drug-likeness (QED) is 0.663. The Balaban J connectivity index is 1.26. The van der Waals surface area contributed by atoms with Crippen molar-refractivity contribution in [1.82, 2.24) is 9.88 Å². The molecule has 130 valence electrons. The molecule has 3 nitrogen and oxygen atoms in total. The van der Waals surface area contributed by atoms with Crippen molar-refractivity contribution in [1.29, 1.82) is 0 Å². The van der Waals surface area contributed by atoms with Gasteiger partial charge in [0.25, 0.3) is 0 Å². The average Bonchev–Trinajstić information content (AvgIpc) is 3.08. The number of hydrogen-bond donors (Lipinski definition) is 0. The third kappa shape index (κ3) is 3.99. The number of fused-ring (bicyclic) bond motifs is 1. The predicted molar refractivity (Wildman–Crippen MR) is 99.9 cm³/mol. The van der Waals surface area contributed by atoms with Crippen LogP contribution in [0.2, 0.25) is 0 Å². The number of piperidine rings is 1. The number of ether oxygens (including phenoxy) is 1. The van der Waals surface area contributed by atoms with Crippen molar-refractivity contribution < 1.29 is 9.13 Å². The Morgan fingerprint density at radius 1 is 1.08 bits per heavy atom. The van der Waals surface area contributed by atoms with Crippen LogP contribution in [-0.4, -0.2) is 36.1 Å². The van der Waals surface area contributed by atoms with Gasteiger partial charge in [0.2, 0.25) is 0 Å². The summed E-state index contributed by atoms with van der Waals surface area (Å²) in [4.78, 5) is 7.25. The van der Waals surface area contributed by atoms with Gasteiger partial charge < -0.3 is 4.74 Å². The maximum atomic E-state index is 12.9. The first kappa shape index (κ1) is 16.5. The molecule has 25 heavy (non-hydrogen) atoms. The lowest BCUT2D eigenvalue weighted by Crippen LogP contribution is -2.35. The number of para-hydroxylation sites is 1. The van der Waals surface area contributed by atoms with E-state index >= 15 is 0 Å². The van der Waals surface area contributed by atoms with Gasteiger partial charge in [0.05, 0.1) is 15.2 Å². The van der Waals surface area contributed by atoms with Crippen molar-refractivity contribution in [3.05, 3.63) is 59.4 Å². The molecular formula is C20H21FN2OS. The number of rotatable bonds is 5. The number of hydrogen-bond acceptors (Lipinski definition) is 4. The SMILES string of the molecule is Fc1ccc(OCCN2CCC(c3nc4ccccc4s3)CC2)cc1. The second kappa shape index (κ2) is 7.50. The van der Waals surface area contributed by atoms with E-state index in [4.69, 9.17) is 9.72 Å². The molecule has 4 rings (SSSR count). The summed E-state index contributed by atoms with van der Waals surface area (Å²) < 4.78 is 19.9. The van der Waals surface area contributed by atoms with Crippen LogP contribution in [-0.2, 0) is 0 Å². The van der Waals surface area contributed by atoms with Gasteiger partial charge in [-0.1, -0.05) is 12.1 Å². The largest absolute Gasteiger partial charge is 0.492 e. The molecule has 0 spiro atoms. The molecule has 0 bridgehead atoms. The van der Waals surface area contributed by atoms with E-state index in [9.17, 15) is 4.39 Å². The van der Waals surface area contributed by atoms with Crippen LogP contribution in [0.1, 0.15) is 23.8 Å². The van der Waals surface area contributed by atoms with Gasteiger partial charge in [-0.05, 0) is 62.3 Å². The minimum Gasteiger partial charge on any atom is -0.492 e. The van der Waals surface area contributed by atoms with Crippen LogP contribution < -0.4 is 4.74 Å². The fraction of sp³-hybridized carbons (Fsp3) is 0.350. The van der Waals surface area contributed by atoms with Gasteiger partial charge in [-0.15, -0.1) is 11.3 Å². The highest BCUT2D eigenvalue weighted by molar-refractivity contribution is 7.18. The van der Waals surface area contributed by atoms with E-state index in [1.165, 1.54) is 21.8 Å². The first-order valence-electron chi connectivity index (χ1n) is 8.74. The molecule has 2 heterocycles. The van der Waals surface area contributed by atoms with Crippen LogP contribution in [0.5, 0.6) is 5.75 Å². The van der Waals surface area contributed by atoms with E-state index in [-0.39, 0.29) is 5.82 Å². The van der Waals surface area contributed by atoms with Crippen molar-refractivity contribution in [3.8, 4) is 5.75 Å². The number of benzene rings is 2. The smallest absolute Gasteiger partial charge is 0.123 e. The summed E-state index contributed by atoms with van der Waals surface area (Å²) in [6.07, 6.45) is 2.30. The molecule has 1 saturated heterocycles. The van der Waals surface area contributed by atoms with Crippen molar-refractivity contribution in [2.45, 2.75) is 18.8 Å². The lowest BCUT2D eigenvalue weighted by atomic mass is 9.97. The summed E-state index contributed by atoms with van der Waals surface area (Å²) >= 11 is 1.84. The number of thiazole rings is 1. The predicted octanol–water partition coefficient (Wildman–Crippen LogP) is 4.69. The van der Waals surface area contributed by atoms with Gasteiger partial charge in [0, 0.05) is 12.5 Å². The van der Waals surface area contributed by atoms with Gasteiger partial charge in [0.1, 0.15) is 18.2 Å². The van der Waals surface area contributed by atoms with Gasteiger partial charge >= 0.3 is 0 Å². The molecule has 0 N–H and O–H groups in total. The van der Waals surface area contributed by atoms with Gasteiger partial charge in [-0.25, -0.2) is 9.37 Å². The van der Waals surface area contributed by atoms with E-state index in [1.54, 1.807) is 12.1 Å². The number of nitrogens with zero attached hydrogens (tertiary/aromatic N) is 2. The molecule has 2 aromatic carbocycles. The molecule has 0 unspecified atom stereocenters. The van der Waals surface area contributed by atoms with Crippen molar-refractivity contribution >= 4 is 21.6 Å². The number of halogens is 1. The first-order valence-corrected chi connectivity index (χ1v) is 9.56. The second-order valence-corrected chi connectivity index (χ2v) is 7.50. The van der Waals surface area contributed by atoms with Crippen LogP contribution in [0.4, 0.5) is 4.39 Å². The van der Waals surface area contributed by atoms with Crippen LogP contribution >= 0.6 is 11.3 Å². The van der Waals surface area contributed by atoms with Crippen LogP contribution in [0.3, 0.4) is 0 Å². The van der Waals surface area contributed by atoms with Gasteiger partial charge in [-0.2, -0.15) is 0 Å². The van der Waals surface area contributed by atoms with Crippen LogP contribution in [0.15, 0.2) is 48.5 Å². The van der Waals surface area contributed by atoms with Crippen LogP contribution in [0, 0.1) is 5.82 Å².